The summed E-state index contributed by atoms with van der Waals surface area (Å²) < 4.78 is 45.8. The first kappa shape index (κ1) is 25.5. The van der Waals surface area contributed by atoms with E-state index >= 15 is 0 Å². The van der Waals surface area contributed by atoms with Gasteiger partial charge in [0.15, 0.2) is 0 Å². The van der Waals surface area contributed by atoms with Gasteiger partial charge < -0.3 is 20.3 Å². The van der Waals surface area contributed by atoms with Crippen molar-refractivity contribution in [3.63, 3.8) is 0 Å². The number of aryl methyl sites for hydroxylation is 2. The maximum Gasteiger partial charge on any atom is 0.388 e. The fourth-order valence-electron chi connectivity index (χ4n) is 3.88. The van der Waals surface area contributed by atoms with Crippen LogP contribution in [0, 0.1) is 5.82 Å². The molecule has 0 spiro atoms. The third-order valence-electron chi connectivity index (χ3n) is 5.56. The molecule has 0 radical (unpaired) electrons. The maximum atomic E-state index is 13.6. The average Bonchev–Trinajstić information content (AvgIpc) is 3.17. The Morgan fingerprint density at radius 2 is 1.89 bits per heavy atom. The van der Waals surface area contributed by atoms with E-state index in [4.69, 9.17) is 4.74 Å². The summed E-state index contributed by atoms with van der Waals surface area (Å²) in [6.45, 7) is -2.82. The molecule has 0 atom stereocenters. The third kappa shape index (κ3) is 5.83. The van der Waals surface area contributed by atoms with Gasteiger partial charge in [0.2, 0.25) is 5.88 Å². The number of carbonyl (C=O) groups is 1. The standard InChI is InChI=1S/C26H23F3N4O4/c1-33-25(37-26(28)29)22(23(32-33)18-9-8-16(27)14-21(18)35)15-10-12-30-17(13-15)5-4-11-31-24(36)19-6-2-3-7-20(19)34/h2-3,6-10,12-14,26,34-35H,4-5,11H2,1H3,(H,31,36). The lowest BCUT2D eigenvalue weighted by Gasteiger charge is -2.11. The number of halogens is 3. The number of phenolic OH excluding ortho intramolecular Hbond substituents is 2. The molecule has 1 amide bonds. The van der Waals surface area contributed by atoms with Crippen molar-refractivity contribution in [2.45, 2.75) is 19.5 Å². The quantitative estimate of drug-likeness (QED) is 0.282. The Balaban J connectivity index is 1.57. The van der Waals surface area contributed by atoms with Crippen LogP contribution in [0.5, 0.6) is 17.4 Å². The molecule has 2 aromatic heterocycles. The van der Waals surface area contributed by atoms with Crippen LogP contribution in [0.1, 0.15) is 22.5 Å². The average molecular weight is 512 g/mol. The normalized spacial score (nSPS) is 11.1. The van der Waals surface area contributed by atoms with Crippen LogP contribution in [0.2, 0.25) is 0 Å². The number of para-hydroxylation sites is 1. The van der Waals surface area contributed by atoms with Gasteiger partial charge in [0.1, 0.15) is 23.0 Å². The van der Waals surface area contributed by atoms with E-state index in [1.807, 2.05) is 0 Å². The van der Waals surface area contributed by atoms with Crippen LogP contribution in [0.25, 0.3) is 22.4 Å². The van der Waals surface area contributed by atoms with Gasteiger partial charge in [0, 0.05) is 37.1 Å². The zero-order valence-corrected chi connectivity index (χ0v) is 19.7. The minimum atomic E-state index is -3.13. The number of benzene rings is 2. The molecule has 0 bridgehead atoms. The van der Waals surface area contributed by atoms with E-state index in [9.17, 15) is 28.2 Å². The van der Waals surface area contributed by atoms with E-state index in [0.717, 1.165) is 16.8 Å². The molecule has 2 aromatic carbocycles. The first-order valence-corrected chi connectivity index (χ1v) is 11.3. The van der Waals surface area contributed by atoms with E-state index in [1.54, 1.807) is 24.3 Å². The summed E-state index contributed by atoms with van der Waals surface area (Å²) in [7, 11) is 1.42. The second-order valence-electron chi connectivity index (χ2n) is 8.10. The fourth-order valence-corrected chi connectivity index (χ4v) is 3.88. The number of nitrogens with zero attached hydrogens (tertiary/aromatic N) is 3. The number of rotatable bonds is 9. The van der Waals surface area contributed by atoms with Gasteiger partial charge in [-0.2, -0.15) is 13.9 Å². The van der Waals surface area contributed by atoms with Gasteiger partial charge in [-0.25, -0.2) is 9.07 Å². The molecule has 4 rings (SSSR count). The molecule has 2 heterocycles. The molecular formula is C26H23F3N4O4. The van der Waals surface area contributed by atoms with Gasteiger partial charge >= 0.3 is 6.61 Å². The number of aromatic hydroxyl groups is 2. The Morgan fingerprint density at radius 3 is 2.62 bits per heavy atom. The highest BCUT2D eigenvalue weighted by atomic mass is 19.3. The predicted molar refractivity (Wildman–Crippen MR) is 129 cm³/mol. The van der Waals surface area contributed by atoms with Crippen LogP contribution in [-0.4, -0.2) is 44.0 Å². The Bertz CT molecular complexity index is 1420. The van der Waals surface area contributed by atoms with Gasteiger partial charge in [-0.1, -0.05) is 12.1 Å². The second-order valence-corrected chi connectivity index (χ2v) is 8.10. The number of alkyl halides is 2. The van der Waals surface area contributed by atoms with E-state index < -0.39 is 24.1 Å². The molecule has 4 aromatic rings. The van der Waals surface area contributed by atoms with Crippen molar-refractivity contribution in [1.29, 1.82) is 0 Å². The largest absolute Gasteiger partial charge is 0.507 e. The molecule has 0 aliphatic heterocycles. The molecule has 0 saturated carbocycles. The van der Waals surface area contributed by atoms with Crippen LogP contribution in [0.4, 0.5) is 13.2 Å². The first-order chi connectivity index (χ1) is 17.7. The Labute approximate surface area is 210 Å². The lowest BCUT2D eigenvalue weighted by atomic mass is 10.00. The van der Waals surface area contributed by atoms with Crippen molar-refractivity contribution >= 4 is 5.91 Å². The van der Waals surface area contributed by atoms with E-state index in [1.165, 1.54) is 31.4 Å². The molecule has 0 aliphatic carbocycles. The Morgan fingerprint density at radius 1 is 1.11 bits per heavy atom. The smallest absolute Gasteiger partial charge is 0.388 e. The molecule has 3 N–H and O–H groups in total. The van der Waals surface area contributed by atoms with Crippen molar-refractivity contribution in [1.82, 2.24) is 20.1 Å². The highest BCUT2D eigenvalue weighted by Crippen LogP contribution is 2.42. The van der Waals surface area contributed by atoms with Crippen molar-refractivity contribution in [3.8, 4) is 39.8 Å². The molecular weight excluding hydrogens is 489 g/mol. The maximum absolute atomic E-state index is 13.6. The van der Waals surface area contributed by atoms with Crippen LogP contribution < -0.4 is 10.1 Å². The summed E-state index contributed by atoms with van der Waals surface area (Å²) >= 11 is 0. The number of hydrogen-bond acceptors (Lipinski definition) is 6. The van der Waals surface area contributed by atoms with Crippen LogP contribution >= 0.6 is 0 Å². The molecule has 37 heavy (non-hydrogen) atoms. The van der Waals surface area contributed by atoms with E-state index in [0.29, 0.717) is 30.6 Å². The van der Waals surface area contributed by atoms with Gasteiger partial charge in [-0.15, -0.1) is 0 Å². The topological polar surface area (TPSA) is 110 Å². The first-order valence-electron chi connectivity index (χ1n) is 11.3. The minimum absolute atomic E-state index is 0.115. The molecule has 0 aliphatic rings. The second kappa shape index (κ2) is 11.0. The molecule has 0 fully saturated rings. The van der Waals surface area contributed by atoms with Crippen molar-refractivity contribution in [3.05, 3.63) is 77.9 Å². The number of phenols is 2. The van der Waals surface area contributed by atoms with Gasteiger partial charge in [-0.05, 0) is 54.8 Å². The van der Waals surface area contributed by atoms with Crippen LogP contribution in [0.15, 0.2) is 60.8 Å². The van der Waals surface area contributed by atoms with Crippen molar-refractivity contribution in [2.24, 2.45) is 7.05 Å². The van der Waals surface area contributed by atoms with Crippen molar-refractivity contribution < 1.29 is 32.9 Å². The third-order valence-corrected chi connectivity index (χ3v) is 5.56. The highest BCUT2D eigenvalue weighted by Gasteiger charge is 2.25. The fraction of sp³-hybridized carbons (Fsp3) is 0.192. The monoisotopic (exact) mass is 512 g/mol. The predicted octanol–water partition coefficient (Wildman–Crippen LogP) is 4.66. The van der Waals surface area contributed by atoms with Crippen molar-refractivity contribution in [2.75, 3.05) is 6.54 Å². The highest BCUT2D eigenvalue weighted by molar-refractivity contribution is 5.96. The summed E-state index contributed by atoms with van der Waals surface area (Å²) in [5.41, 5.74) is 1.67. The Hall–Kier alpha value is -4.54. The van der Waals surface area contributed by atoms with Crippen LogP contribution in [-0.2, 0) is 13.5 Å². The summed E-state index contributed by atoms with van der Waals surface area (Å²) in [5.74, 6) is -1.83. The summed E-state index contributed by atoms with van der Waals surface area (Å²) in [6.07, 6.45) is 2.45. The molecule has 0 unspecified atom stereocenters. The number of hydrogen-bond donors (Lipinski definition) is 3. The SMILES string of the molecule is Cn1nc(-c2ccc(F)cc2O)c(-c2ccnc(CCCNC(=O)c3ccccc3O)c2)c1OC(F)F. The lowest BCUT2D eigenvalue weighted by molar-refractivity contribution is -0.0549. The minimum Gasteiger partial charge on any atom is -0.507 e. The van der Waals surface area contributed by atoms with Gasteiger partial charge in [0.05, 0.1) is 11.1 Å². The number of aromatic nitrogens is 3. The number of ether oxygens (including phenoxy) is 1. The van der Waals surface area contributed by atoms with Gasteiger partial charge in [-0.3, -0.25) is 9.78 Å². The van der Waals surface area contributed by atoms with Crippen LogP contribution in [0.3, 0.4) is 0 Å². The van der Waals surface area contributed by atoms with E-state index in [2.05, 4.69) is 15.4 Å². The van der Waals surface area contributed by atoms with E-state index in [-0.39, 0.29) is 34.0 Å². The molecule has 11 heteroatoms. The molecule has 8 nitrogen and oxygen atoms in total. The lowest BCUT2D eigenvalue weighted by Crippen LogP contribution is -2.24. The van der Waals surface area contributed by atoms with Gasteiger partial charge in [0.25, 0.3) is 5.91 Å². The number of pyridine rings is 1. The number of carbonyl (C=O) groups excluding carboxylic acids is 1. The summed E-state index contributed by atoms with van der Waals surface area (Å²) in [4.78, 5) is 16.6. The number of amides is 1. The zero-order chi connectivity index (χ0) is 26.5. The summed E-state index contributed by atoms with van der Waals surface area (Å²) in [5, 5.41) is 27.1. The zero-order valence-electron chi connectivity index (χ0n) is 19.7. The summed E-state index contributed by atoms with van der Waals surface area (Å²) in [6, 6.07) is 12.8. The molecule has 192 valence electrons. The number of nitrogens with one attached hydrogen (secondary N) is 1. The molecule has 0 saturated heterocycles. The Kier molecular flexibility index (Phi) is 7.61.